The van der Waals surface area contributed by atoms with E-state index in [0.717, 1.165) is 36.8 Å². The first-order valence-electron chi connectivity index (χ1n) is 8.64. The van der Waals surface area contributed by atoms with Crippen molar-refractivity contribution in [1.82, 2.24) is 14.7 Å². The Hall–Kier alpha value is -2.53. The van der Waals surface area contributed by atoms with Crippen LogP contribution in [-0.2, 0) is 13.1 Å². The fraction of sp³-hybridized carbons (Fsp3) is 0.300. The number of benzene rings is 2. The Kier molecular flexibility index (Phi) is 4.32. The molecule has 4 rings (SSSR count). The summed E-state index contributed by atoms with van der Waals surface area (Å²) >= 11 is 0. The lowest BCUT2D eigenvalue weighted by Crippen LogP contribution is -2.37. The molecule has 1 aromatic heterocycles. The highest BCUT2D eigenvalue weighted by atomic mass is 19.1. The fourth-order valence-corrected chi connectivity index (χ4v) is 3.65. The van der Waals surface area contributed by atoms with Crippen molar-refractivity contribution in [1.29, 1.82) is 0 Å². The van der Waals surface area contributed by atoms with Crippen LogP contribution in [-0.4, -0.2) is 27.3 Å². The number of fused-ring (bicyclic) bond motifs is 1. The largest absolute Gasteiger partial charge is 0.281 e. The van der Waals surface area contributed by atoms with Crippen LogP contribution in [0.4, 0.5) is 4.39 Å². The lowest BCUT2D eigenvalue weighted by Gasteiger charge is -2.24. The van der Waals surface area contributed by atoms with Gasteiger partial charge in [-0.1, -0.05) is 30.3 Å². The van der Waals surface area contributed by atoms with E-state index >= 15 is 0 Å². The quantitative estimate of drug-likeness (QED) is 0.734. The van der Waals surface area contributed by atoms with Crippen molar-refractivity contribution < 1.29 is 4.39 Å². The van der Waals surface area contributed by atoms with Crippen LogP contribution in [0, 0.1) is 5.82 Å². The third-order valence-corrected chi connectivity index (χ3v) is 4.94. The number of hydrogen-bond donors (Lipinski definition) is 0. The minimum Gasteiger partial charge on any atom is -0.281 e. The van der Waals surface area contributed by atoms with Crippen LogP contribution in [0.5, 0.6) is 0 Å². The summed E-state index contributed by atoms with van der Waals surface area (Å²) in [5.41, 5.74) is 0.935. The fourth-order valence-electron chi connectivity index (χ4n) is 3.65. The molecule has 128 valence electrons. The Morgan fingerprint density at radius 1 is 1.16 bits per heavy atom. The van der Waals surface area contributed by atoms with Gasteiger partial charge in [0.1, 0.15) is 5.82 Å². The molecule has 0 radical (unpaired) electrons. The van der Waals surface area contributed by atoms with Gasteiger partial charge in [-0.15, -0.1) is 0 Å². The first-order chi connectivity index (χ1) is 12.2. The normalized spacial score (nSPS) is 18.0. The Morgan fingerprint density at radius 2 is 2.04 bits per heavy atom. The number of rotatable bonds is 4. The molecule has 1 fully saturated rings. The number of aromatic nitrogens is 2. The van der Waals surface area contributed by atoms with Crippen LogP contribution in [0.25, 0.3) is 10.8 Å². The van der Waals surface area contributed by atoms with Crippen LogP contribution < -0.4 is 5.56 Å². The van der Waals surface area contributed by atoms with E-state index in [0.29, 0.717) is 18.1 Å². The van der Waals surface area contributed by atoms with Gasteiger partial charge >= 0.3 is 0 Å². The van der Waals surface area contributed by atoms with E-state index in [1.165, 1.54) is 10.7 Å². The standard InChI is InChI=1S/C20H20FN3O/c21-17-7-3-5-15(11-17)12-18-8-4-10-23(18)14-24-20(25)19-9-2-1-6-16(19)13-22-24/h1-3,5-7,9,11,13,18H,4,8,10,12,14H2. The number of nitrogens with zero attached hydrogens (tertiary/aromatic N) is 3. The molecule has 0 amide bonds. The monoisotopic (exact) mass is 337 g/mol. The maximum absolute atomic E-state index is 13.4. The van der Waals surface area contributed by atoms with Gasteiger partial charge in [0.25, 0.3) is 5.56 Å². The average Bonchev–Trinajstić information content (AvgIpc) is 3.04. The van der Waals surface area contributed by atoms with Crippen molar-refractivity contribution in [2.24, 2.45) is 0 Å². The minimum absolute atomic E-state index is 0.0606. The zero-order valence-corrected chi connectivity index (χ0v) is 13.9. The number of hydrogen-bond acceptors (Lipinski definition) is 3. The van der Waals surface area contributed by atoms with Gasteiger partial charge in [0, 0.05) is 18.0 Å². The topological polar surface area (TPSA) is 38.1 Å². The molecule has 0 bridgehead atoms. The van der Waals surface area contributed by atoms with E-state index in [-0.39, 0.29) is 11.4 Å². The Bertz CT molecular complexity index is 953. The molecule has 0 aliphatic carbocycles. The van der Waals surface area contributed by atoms with Crippen molar-refractivity contribution in [3.63, 3.8) is 0 Å². The highest BCUT2D eigenvalue weighted by Gasteiger charge is 2.25. The van der Waals surface area contributed by atoms with Crippen LogP contribution in [0.15, 0.2) is 59.5 Å². The molecule has 25 heavy (non-hydrogen) atoms. The number of likely N-dealkylation sites (tertiary alicyclic amines) is 1. The molecule has 1 atom stereocenters. The molecule has 1 aliphatic heterocycles. The van der Waals surface area contributed by atoms with Gasteiger partial charge in [-0.2, -0.15) is 5.10 Å². The Balaban J connectivity index is 1.55. The Morgan fingerprint density at radius 3 is 2.92 bits per heavy atom. The summed E-state index contributed by atoms with van der Waals surface area (Å²) in [5, 5.41) is 5.88. The van der Waals surface area contributed by atoms with Crippen LogP contribution in [0.3, 0.4) is 0 Å². The second-order valence-corrected chi connectivity index (χ2v) is 6.62. The van der Waals surface area contributed by atoms with Gasteiger partial charge in [-0.25, -0.2) is 9.07 Å². The summed E-state index contributed by atoms with van der Waals surface area (Å²) in [6, 6.07) is 14.6. The smallest absolute Gasteiger partial charge is 0.275 e. The van der Waals surface area contributed by atoms with Crippen LogP contribution in [0.2, 0.25) is 0 Å². The van der Waals surface area contributed by atoms with E-state index < -0.39 is 0 Å². The maximum atomic E-state index is 13.4. The minimum atomic E-state index is -0.200. The van der Waals surface area contributed by atoms with Crippen molar-refractivity contribution in [3.05, 3.63) is 76.5 Å². The third-order valence-electron chi connectivity index (χ3n) is 4.94. The SMILES string of the molecule is O=c1c2ccccc2cnn1CN1CCCC1Cc1cccc(F)c1. The van der Waals surface area contributed by atoms with Gasteiger partial charge in [0.05, 0.1) is 18.3 Å². The zero-order chi connectivity index (χ0) is 17.2. The highest BCUT2D eigenvalue weighted by molar-refractivity contribution is 5.80. The molecule has 1 unspecified atom stereocenters. The van der Waals surface area contributed by atoms with E-state index in [1.807, 2.05) is 30.3 Å². The van der Waals surface area contributed by atoms with Gasteiger partial charge < -0.3 is 0 Å². The lowest BCUT2D eigenvalue weighted by molar-refractivity contribution is 0.185. The van der Waals surface area contributed by atoms with E-state index in [4.69, 9.17) is 0 Å². The molecular weight excluding hydrogens is 317 g/mol. The molecule has 5 heteroatoms. The molecule has 2 aromatic carbocycles. The molecule has 1 aliphatic rings. The van der Waals surface area contributed by atoms with Crippen molar-refractivity contribution in [2.75, 3.05) is 6.54 Å². The molecule has 4 nitrogen and oxygen atoms in total. The van der Waals surface area contributed by atoms with Crippen molar-refractivity contribution >= 4 is 10.8 Å². The van der Waals surface area contributed by atoms with E-state index in [2.05, 4.69) is 10.00 Å². The summed E-state index contributed by atoms with van der Waals surface area (Å²) in [4.78, 5) is 14.9. The summed E-state index contributed by atoms with van der Waals surface area (Å²) in [5.74, 6) is -0.200. The highest BCUT2D eigenvalue weighted by Crippen LogP contribution is 2.22. The summed E-state index contributed by atoms with van der Waals surface area (Å²) in [6.45, 7) is 1.41. The van der Waals surface area contributed by atoms with Gasteiger partial charge in [0.15, 0.2) is 0 Å². The van der Waals surface area contributed by atoms with Crippen molar-refractivity contribution in [2.45, 2.75) is 32.0 Å². The van der Waals surface area contributed by atoms with E-state index in [1.54, 1.807) is 18.3 Å². The second-order valence-electron chi connectivity index (χ2n) is 6.62. The first kappa shape index (κ1) is 16.0. The molecule has 3 aromatic rings. The van der Waals surface area contributed by atoms with Gasteiger partial charge in [-0.05, 0) is 43.0 Å². The molecule has 2 heterocycles. The lowest BCUT2D eigenvalue weighted by atomic mass is 10.0. The Labute approximate surface area is 145 Å². The third kappa shape index (κ3) is 3.33. The van der Waals surface area contributed by atoms with Gasteiger partial charge in [0.2, 0.25) is 0 Å². The average molecular weight is 337 g/mol. The van der Waals surface area contributed by atoms with Crippen molar-refractivity contribution in [3.8, 4) is 0 Å². The maximum Gasteiger partial charge on any atom is 0.275 e. The van der Waals surface area contributed by atoms with Crippen LogP contribution >= 0.6 is 0 Å². The second kappa shape index (κ2) is 6.76. The molecule has 0 saturated carbocycles. The molecular formula is C20H20FN3O. The zero-order valence-electron chi connectivity index (χ0n) is 13.9. The van der Waals surface area contributed by atoms with E-state index in [9.17, 15) is 9.18 Å². The summed E-state index contributed by atoms with van der Waals surface area (Å²) in [7, 11) is 0. The summed E-state index contributed by atoms with van der Waals surface area (Å²) in [6.07, 6.45) is 4.68. The molecule has 1 saturated heterocycles. The van der Waals surface area contributed by atoms with Gasteiger partial charge in [-0.3, -0.25) is 9.69 Å². The predicted molar refractivity (Wildman–Crippen MR) is 95.8 cm³/mol. The predicted octanol–water partition coefficient (Wildman–Crippen LogP) is 3.20. The molecule has 0 spiro atoms. The van der Waals surface area contributed by atoms with Crippen LogP contribution in [0.1, 0.15) is 18.4 Å². The summed E-state index contributed by atoms with van der Waals surface area (Å²) < 4.78 is 15.0. The molecule has 0 N–H and O–H groups in total. The first-order valence-corrected chi connectivity index (χ1v) is 8.64. The number of halogens is 1.